The maximum atomic E-state index is 13.9. The SMILES string of the molecule is Cc1ccc2[nH]ncc2c1N1CCc2c(N3CCNC[C@H]3C)nc(=O)n(-c3ccccc3C(C)C)c2C1. The highest BCUT2D eigenvalue weighted by atomic mass is 16.1. The fourth-order valence-electron chi connectivity index (χ4n) is 6.06. The summed E-state index contributed by atoms with van der Waals surface area (Å²) in [5, 5.41) is 12.0. The molecular formula is C29H35N7O. The van der Waals surface area contributed by atoms with Crippen LogP contribution < -0.4 is 20.8 Å². The number of rotatable bonds is 4. The summed E-state index contributed by atoms with van der Waals surface area (Å²) in [7, 11) is 0. The monoisotopic (exact) mass is 497 g/mol. The van der Waals surface area contributed by atoms with Crippen molar-refractivity contribution in [1.82, 2.24) is 25.1 Å². The minimum atomic E-state index is -0.201. The Labute approximate surface area is 217 Å². The predicted molar refractivity (Wildman–Crippen MR) is 149 cm³/mol. The van der Waals surface area contributed by atoms with Crippen LogP contribution in [0.25, 0.3) is 16.6 Å². The second-order valence-corrected chi connectivity index (χ2v) is 10.7. The maximum Gasteiger partial charge on any atom is 0.354 e. The van der Waals surface area contributed by atoms with Crippen LogP contribution in [-0.4, -0.2) is 52.0 Å². The van der Waals surface area contributed by atoms with E-state index in [1.807, 2.05) is 16.8 Å². The highest BCUT2D eigenvalue weighted by molar-refractivity contribution is 5.93. The molecule has 2 aliphatic heterocycles. The number of aromatic nitrogens is 4. The molecule has 2 aliphatic rings. The van der Waals surface area contributed by atoms with Crippen LogP contribution in [0.15, 0.2) is 47.4 Å². The third-order valence-electron chi connectivity index (χ3n) is 7.94. The lowest BCUT2D eigenvalue weighted by Crippen LogP contribution is -2.52. The zero-order chi connectivity index (χ0) is 25.7. The van der Waals surface area contributed by atoms with Crippen molar-refractivity contribution in [3.63, 3.8) is 0 Å². The van der Waals surface area contributed by atoms with Gasteiger partial charge in [-0.05, 0) is 49.4 Å². The summed E-state index contributed by atoms with van der Waals surface area (Å²) in [5.74, 6) is 1.15. The van der Waals surface area contributed by atoms with Gasteiger partial charge in [0.1, 0.15) is 5.82 Å². The molecule has 8 heteroatoms. The van der Waals surface area contributed by atoms with Crippen molar-refractivity contribution in [1.29, 1.82) is 0 Å². The first-order valence-corrected chi connectivity index (χ1v) is 13.3. The summed E-state index contributed by atoms with van der Waals surface area (Å²) in [4.78, 5) is 23.4. The Balaban J connectivity index is 1.56. The number of hydrogen-bond donors (Lipinski definition) is 2. The van der Waals surface area contributed by atoms with Crippen molar-refractivity contribution in [2.24, 2.45) is 0 Å². The van der Waals surface area contributed by atoms with Gasteiger partial charge in [0.05, 0.1) is 35.3 Å². The van der Waals surface area contributed by atoms with Crippen LogP contribution in [0, 0.1) is 6.92 Å². The lowest BCUT2D eigenvalue weighted by atomic mass is 9.98. The molecule has 2 N–H and O–H groups in total. The van der Waals surface area contributed by atoms with E-state index in [-0.39, 0.29) is 17.6 Å². The fourth-order valence-corrected chi connectivity index (χ4v) is 6.06. The molecule has 192 valence electrons. The molecule has 37 heavy (non-hydrogen) atoms. The van der Waals surface area contributed by atoms with Crippen molar-refractivity contribution in [2.75, 3.05) is 36.0 Å². The summed E-state index contributed by atoms with van der Waals surface area (Å²) in [5.41, 5.74) is 7.54. The topological polar surface area (TPSA) is 82.1 Å². The first kappa shape index (κ1) is 23.7. The van der Waals surface area contributed by atoms with E-state index >= 15 is 0 Å². The number of nitrogens with zero attached hydrogens (tertiary/aromatic N) is 5. The van der Waals surface area contributed by atoms with Crippen LogP contribution in [-0.2, 0) is 13.0 Å². The van der Waals surface area contributed by atoms with Gasteiger partial charge in [-0.2, -0.15) is 10.1 Å². The molecule has 0 saturated carbocycles. The zero-order valence-corrected chi connectivity index (χ0v) is 22.1. The number of anilines is 2. The van der Waals surface area contributed by atoms with E-state index < -0.39 is 0 Å². The lowest BCUT2D eigenvalue weighted by Gasteiger charge is -2.39. The van der Waals surface area contributed by atoms with E-state index in [1.165, 1.54) is 16.8 Å². The van der Waals surface area contributed by atoms with Crippen LogP contribution in [0.4, 0.5) is 11.5 Å². The molecule has 0 bridgehead atoms. The molecular weight excluding hydrogens is 462 g/mol. The van der Waals surface area contributed by atoms with Gasteiger partial charge < -0.3 is 15.1 Å². The molecule has 1 fully saturated rings. The molecule has 0 spiro atoms. The first-order valence-electron chi connectivity index (χ1n) is 13.3. The van der Waals surface area contributed by atoms with Crippen molar-refractivity contribution < 1.29 is 0 Å². The van der Waals surface area contributed by atoms with Gasteiger partial charge in [0, 0.05) is 43.2 Å². The highest BCUT2D eigenvalue weighted by Crippen LogP contribution is 2.36. The van der Waals surface area contributed by atoms with Crippen LogP contribution in [0.3, 0.4) is 0 Å². The maximum absolute atomic E-state index is 13.9. The largest absolute Gasteiger partial charge is 0.365 e. The Bertz CT molecular complexity index is 1520. The number of aryl methyl sites for hydroxylation is 1. The molecule has 2 aromatic carbocycles. The molecule has 0 amide bonds. The summed E-state index contributed by atoms with van der Waals surface area (Å²) in [6, 6.07) is 12.8. The minimum absolute atomic E-state index is 0.201. The lowest BCUT2D eigenvalue weighted by molar-refractivity contribution is 0.492. The second kappa shape index (κ2) is 9.34. The van der Waals surface area contributed by atoms with Gasteiger partial charge in [0.25, 0.3) is 0 Å². The number of nitrogens with one attached hydrogen (secondary N) is 2. The molecule has 8 nitrogen and oxygen atoms in total. The summed E-state index contributed by atoms with van der Waals surface area (Å²) >= 11 is 0. The van der Waals surface area contributed by atoms with Crippen molar-refractivity contribution >= 4 is 22.4 Å². The minimum Gasteiger partial charge on any atom is -0.365 e. The molecule has 0 aliphatic carbocycles. The van der Waals surface area contributed by atoms with Gasteiger partial charge in [-0.15, -0.1) is 0 Å². The molecule has 4 aromatic rings. The standard InChI is InChI=1S/C29H35N7O/c1-18(2)21-7-5-6-8-25(21)36-26-17-34(27-19(3)9-10-24-23(27)16-31-33-24)13-11-22(26)28(32-29(36)37)35-14-12-30-15-20(35)4/h5-10,16,18,20,30H,11-15,17H2,1-4H3,(H,31,33)/t20-/m1/s1. The number of aromatic amines is 1. The van der Waals surface area contributed by atoms with Gasteiger partial charge >= 0.3 is 5.69 Å². The summed E-state index contributed by atoms with van der Waals surface area (Å²) < 4.78 is 1.89. The Morgan fingerprint density at radius 2 is 1.95 bits per heavy atom. The highest BCUT2D eigenvalue weighted by Gasteiger charge is 2.31. The zero-order valence-electron chi connectivity index (χ0n) is 22.1. The number of para-hydroxylation sites is 1. The molecule has 1 atom stereocenters. The van der Waals surface area contributed by atoms with E-state index in [0.717, 1.165) is 66.3 Å². The van der Waals surface area contributed by atoms with E-state index in [0.29, 0.717) is 6.54 Å². The number of benzene rings is 2. The average Bonchev–Trinajstić information content (AvgIpc) is 3.37. The number of H-pyrrole nitrogens is 1. The van der Waals surface area contributed by atoms with E-state index in [9.17, 15) is 4.79 Å². The third kappa shape index (κ3) is 4.00. The Morgan fingerprint density at radius 1 is 1.11 bits per heavy atom. The van der Waals surface area contributed by atoms with Crippen molar-refractivity contribution in [3.8, 4) is 5.69 Å². The summed E-state index contributed by atoms with van der Waals surface area (Å²) in [6.07, 6.45) is 2.74. The van der Waals surface area contributed by atoms with Crippen LogP contribution in [0.2, 0.25) is 0 Å². The van der Waals surface area contributed by atoms with Gasteiger partial charge in [0.15, 0.2) is 0 Å². The molecule has 1 saturated heterocycles. The number of fused-ring (bicyclic) bond motifs is 2. The quantitative estimate of drug-likeness (QED) is 0.445. The molecule has 0 unspecified atom stereocenters. The Hall–Kier alpha value is -3.65. The van der Waals surface area contributed by atoms with Crippen LogP contribution in [0.5, 0.6) is 0 Å². The third-order valence-corrected chi connectivity index (χ3v) is 7.94. The molecule has 0 radical (unpaired) electrons. The van der Waals surface area contributed by atoms with E-state index in [1.54, 1.807) is 0 Å². The molecule has 2 aromatic heterocycles. The van der Waals surface area contributed by atoms with Gasteiger partial charge in [-0.3, -0.25) is 9.67 Å². The van der Waals surface area contributed by atoms with Gasteiger partial charge in [-0.25, -0.2) is 4.79 Å². The second-order valence-electron chi connectivity index (χ2n) is 10.7. The van der Waals surface area contributed by atoms with E-state index in [4.69, 9.17) is 4.98 Å². The summed E-state index contributed by atoms with van der Waals surface area (Å²) in [6.45, 7) is 12.8. The first-order chi connectivity index (χ1) is 17.9. The average molecular weight is 498 g/mol. The fraction of sp³-hybridized carbons (Fsp3) is 0.414. The smallest absolute Gasteiger partial charge is 0.354 e. The van der Waals surface area contributed by atoms with Gasteiger partial charge in [0.2, 0.25) is 0 Å². The Kier molecular flexibility index (Phi) is 5.99. The van der Waals surface area contributed by atoms with Crippen molar-refractivity contribution in [2.45, 2.75) is 52.6 Å². The Morgan fingerprint density at radius 3 is 2.76 bits per heavy atom. The predicted octanol–water partition coefficient (Wildman–Crippen LogP) is 3.90. The van der Waals surface area contributed by atoms with Crippen LogP contribution in [0.1, 0.15) is 49.1 Å². The van der Waals surface area contributed by atoms with Crippen molar-refractivity contribution in [3.05, 3.63) is 75.5 Å². The van der Waals surface area contributed by atoms with Crippen LogP contribution >= 0.6 is 0 Å². The van der Waals surface area contributed by atoms with Gasteiger partial charge in [-0.1, -0.05) is 38.1 Å². The number of piperazine rings is 1. The molecule has 4 heterocycles. The molecule has 6 rings (SSSR count). The number of hydrogen-bond acceptors (Lipinski definition) is 6. The van der Waals surface area contributed by atoms with E-state index in [2.05, 4.69) is 83.3 Å². The normalized spacial score (nSPS) is 18.0.